The van der Waals surface area contributed by atoms with Crippen molar-refractivity contribution in [1.29, 1.82) is 0 Å². The highest BCUT2D eigenvalue weighted by molar-refractivity contribution is 5.99. The molecule has 4 rings (SSSR count). The first kappa shape index (κ1) is 17.5. The summed E-state index contributed by atoms with van der Waals surface area (Å²) in [5.41, 5.74) is 1.44. The fourth-order valence-corrected chi connectivity index (χ4v) is 4.30. The molecule has 2 aliphatic rings. The summed E-state index contributed by atoms with van der Waals surface area (Å²) in [6.45, 7) is 8.28. The number of piperidine rings is 1. The average Bonchev–Trinajstić information content (AvgIpc) is 3.01. The minimum atomic E-state index is -0.0362. The van der Waals surface area contributed by atoms with Crippen molar-refractivity contribution in [3.8, 4) is 0 Å². The van der Waals surface area contributed by atoms with Crippen molar-refractivity contribution in [2.24, 2.45) is 11.8 Å². The number of aromatic nitrogens is 2. The van der Waals surface area contributed by atoms with Crippen LogP contribution < -0.4 is 5.32 Å². The molecular weight excluding hydrogens is 328 g/mol. The number of fused-ring (bicyclic) bond motifs is 2. The molecule has 1 amide bonds. The van der Waals surface area contributed by atoms with Gasteiger partial charge in [0.25, 0.3) is 5.91 Å². The Hall–Kier alpha value is -1.92. The summed E-state index contributed by atoms with van der Waals surface area (Å²) in [7, 11) is 1.75. The third kappa shape index (κ3) is 3.12. The zero-order valence-electron chi connectivity index (χ0n) is 15.8. The normalized spacial score (nSPS) is 25.0. The molecule has 1 aliphatic heterocycles. The molecule has 2 unspecified atom stereocenters. The van der Waals surface area contributed by atoms with Gasteiger partial charge in [0.15, 0.2) is 5.69 Å². The third-order valence-corrected chi connectivity index (χ3v) is 5.70. The van der Waals surface area contributed by atoms with Crippen LogP contribution in [0.25, 0.3) is 5.52 Å². The van der Waals surface area contributed by atoms with E-state index in [1.54, 1.807) is 7.11 Å². The lowest BCUT2D eigenvalue weighted by atomic mass is 10.2. The van der Waals surface area contributed by atoms with Gasteiger partial charge in [0, 0.05) is 51.5 Å². The largest absolute Gasteiger partial charge is 0.385 e. The first-order valence-corrected chi connectivity index (χ1v) is 9.59. The number of carbonyl (C=O) groups is 1. The van der Waals surface area contributed by atoms with Crippen LogP contribution in [0.2, 0.25) is 0 Å². The molecule has 1 N–H and O–H groups in total. The Bertz CT molecular complexity index is 788. The molecule has 0 bridgehead atoms. The number of nitrogens with zero attached hydrogens (tertiary/aromatic N) is 3. The Labute approximate surface area is 154 Å². The van der Waals surface area contributed by atoms with E-state index in [9.17, 15) is 4.79 Å². The van der Waals surface area contributed by atoms with E-state index in [0.29, 0.717) is 23.6 Å². The summed E-state index contributed by atoms with van der Waals surface area (Å²) in [4.78, 5) is 20.0. The summed E-state index contributed by atoms with van der Waals surface area (Å²) < 4.78 is 7.16. The van der Waals surface area contributed by atoms with Gasteiger partial charge in [-0.2, -0.15) is 0 Å². The van der Waals surface area contributed by atoms with Crippen LogP contribution in [0, 0.1) is 11.8 Å². The Morgan fingerprint density at radius 2 is 2.12 bits per heavy atom. The number of pyridine rings is 1. The van der Waals surface area contributed by atoms with Crippen molar-refractivity contribution in [1.82, 2.24) is 19.6 Å². The standard InChI is InChI=1S/C20H28N4O2/c1-13(2)19-21-18(16-7-4-5-9-24(16)19)20(25)22-17-14-11-23(12-15(14)17)8-6-10-26-3/h4-5,7,9,13-15,17H,6,8,10-12H2,1-3H3,(H,22,25). The van der Waals surface area contributed by atoms with Gasteiger partial charge in [-0.25, -0.2) is 4.98 Å². The number of amides is 1. The Morgan fingerprint density at radius 1 is 1.35 bits per heavy atom. The summed E-state index contributed by atoms with van der Waals surface area (Å²) in [6, 6.07) is 6.22. The fraction of sp³-hybridized carbons (Fsp3) is 0.600. The molecule has 3 heterocycles. The molecular formula is C20H28N4O2. The molecule has 6 nitrogen and oxygen atoms in total. The van der Waals surface area contributed by atoms with Crippen molar-refractivity contribution < 1.29 is 9.53 Å². The number of likely N-dealkylation sites (tertiary alicyclic amines) is 1. The highest BCUT2D eigenvalue weighted by atomic mass is 16.5. The summed E-state index contributed by atoms with van der Waals surface area (Å²) in [5, 5.41) is 3.24. The van der Waals surface area contributed by atoms with Crippen LogP contribution >= 0.6 is 0 Å². The second kappa shape index (κ2) is 7.00. The van der Waals surface area contributed by atoms with Crippen molar-refractivity contribution in [2.75, 3.05) is 33.4 Å². The molecule has 0 aromatic carbocycles. The van der Waals surface area contributed by atoms with Gasteiger partial charge < -0.3 is 19.4 Å². The maximum absolute atomic E-state index is 12.9. The van der Waals surface area contributed by atoms with Gasteiger partial charge in [-0.05, 0) is 30.4 Å². The highest BCUT2D eigenvalue weighted by Gasteiger charge is 2.56. The number of hydrogen-bond donors (Lipinski definition) is 1. The first-order chi connectivity index (χ1) is 12.6. The van der Waals surface area contributed by atoms with Crippen LogP contribution in [0.4, 0.5) is 0 Å². The van der Waals surface area contributed by atoms with E-state index in [2.05, 4.69) is 29.0 Å². The maximum Gasteiger partial charge on any atom is 0.272 e. The molecule has 0 spiro atoms. The van der Waals surface area contributed by atoms with E-state index in [-0.39, 0.29) is 11.8 Å². The lowest BCUT2D eigenvalue weighted by Crippen LogP contribution is -2.35. The van der Waals surface area contributed by atoms with Gasteiger partial charge in [-0.15, -0.1) is 0 Å². The van der Waals surface area contributed by atoms with Crippen LogP contribution in [0.3, 0.4) is 0 Å². The fourth-order valence-electron chi connectivity index (χ4n) is 4.30. The van der Waals surface area contributed by atoms with Crippen molar-refractivity contribution >= 4 is 11.4 Å². The van der Waals surface area contributed by atoms with E-state index in [1.807, 2.05) is 28.8 Å². The van der Waals surface area contributed by atoms with Crippen LogP contribution in [0.5, 0.6) is 0 Å². The molecule has 6 heteroatoms. The molecule has 1 saturated heterocycles. The predicted octanol–water partition coefficient (Wildman–Crippen LogP) is 2.15. The Balaban J connectivity index is 1.40. The summed E-state index contributed by atoms with van der Waals surface area (Å²) in [5.74, 6) is 2.37. The third-order valence-electron chi connectivity index (χ3n) is 5.70. The summed E-state index contributed by atoms with van der Waals surface area (Å²) in [6.07, 6.45) is 3.06. The average molecular weight is 356 g/mol. The monoisotopic (exact) mass is 356 g/mol. The number of methoxy groups -OCH3 is 1. The Morgan fingerprint density at radius 3 is 2.81 bits per heavy atom. The van der Waals surface area contributed by atoms with E-state index < -0.39 is 0 Å². The van der Waals surface area contributed by atoms with E-state index >= 15 is 0 Å². The van der Waals surface area contributed by atoms with Crippen LogP contribution in [-0.2, 0) is 4.74 Å². The molecule has 1 saturated carbocycles. The molecule has 2 aromatic heterocycles. The van der Waals surface area contributed by atoms with Gasteiger partial charge in [0.2, 0.25) is 0 Å². The smallest absolute Gasteiger partial charge is 0.272 e. The van der Waals surface area contributed by atoms with Crippen LogP contribution in [0.1, 0.15) is 42.5 Å². The minimum Gasteiger partial charge on any atom is -0.385 e. The lowest BCUT2D eigenvalue weighted by Gasteiger charge is -2.19. The number of hydrogen-bond acceptors (Lipinski definition) is 4. The van der Waals surface area contributed by atoms with Gasteiger partial charge in [0.05, 0.1) is 5.52 Å². The van der Waals surface area contributed by atoms with Gasteiger partial charge >= 0.3 is 0 Å². The van der Waals surface area contributed by atoms with Crippen molar-refractivity contribution in [3.63, 3.8) is 0 Å². The summed E-state index contributed by atoms with van der Waals surface area (Å²) >= 11 is 0. The number of nitrogens with one attached hydrogen (secondary N) is 1. The predicted molar refractivity (Wildman–Crippen MR) is 100 cm³/mol. The first-order valence-electron chi connectivity index (χ1n) is 9.59. The molecule has 1 aliphatic carbocycles. The van der Waals surface area contributed by atoms with Gasteiger partial charge in [0.1, 0.15) is 5.82 Å². The molecule has 140 valence electrons. The minimum absolute atomic E-state index is 0.0362. The maximum atomic E-state index is 12.9. The second-order valence-corrected chi connectivity index (χ2v) is 7.86. The van der Waals surface area contributed by atoms with Crippen molar-refractivity contribution in [2.45, 2.75) is 32.2 Å². The molecule has 2 atom stereocenters. The van der Waals surface area contributed by atoms with E-state index in [4.69, 9.17) is 4.74 Å². The van der Waals surface area contributed by atoms with Gasteiger partial charge in [-0.3, -0.25) is 4.79 Å². The second-order valence-electron chi connectivity index (χ2n) is 7.86. The molecule has 26 heavy (non-hydrogen) atoms. The van der Waals surface area contributed by atoms with E-state index in [1.165, 1.54) is 0 Å². The number of imidazole rings is 1. The van der Waals surface area contributed by atoms with Crippen LogP contribution in [0.15, 0.2) is 24.4 Å². The quantitative estimate of drug-likeness (QED) is 0.773. The zero-order chi connectivity index (χ0) is 18.3. The Kier molecular flexibility index (Phi) is 4.71. The molecule has 0 radical (unpaired) electrons. The van der Waals surface area contributed by atoms with Crippen LogP contribution in [-0.4, -0.2) is 59.6 Å². The topological polar surface area (TPSA) is 58.9 Å². The molecule has 2 aromatic rings. The van der Waals surface area contributed by atoms with Crippen molar-refractivity contribution in [3.05, 3.63) is 35.9 Å². The number of rotatable bonds is 7. The molecule has 2 fully saturated rings. The van der Waals surface area contributed by atoms with E-state index in [0.717, 1.165) is 44.0 Å². The number of ether oxygens (including phenoxy) is 1. The zero-order valence-corrected chi connectivity index (χ0v) is 15.8. The SMILES string of the molecule is COCCCN1CC2C(C1)C2NC(=O)c1nc(C(C)C)n2ccccc12. The lowest BCUT2D eigenvalue weighted by molar-refractivity contribution is 0.0939. The van der Waals surface area contributed by atoms with Gasteiger partial charge in [-0.1, -0.05) is 19.9 Å². The number of carbonyl (C=O) groups excluding carboxylic acids is 1. The highest BCUT2D eigenvalue weighted by Crippen LogP contribution is 2.45.